The zero-order valence-corrected chi connectivity index (χ0v) is 18.2. The largest absolute Gasteiger partial charge is 0.484 e. The van der Waals surface area contributed by atoms with Gasteiger partial charge in [0.2, 0.25) is 0 Å². The van der Waals surface area contributed by atoms with E-state index >= 15 is 0 Å². The average Bonchev–Trinajstić information content (AvgIpc) is 3.26. The second-order valence-corrected chi connectivity index (χ2v) is 8.49. The van der Waals surface area contributed by atoms with E-state index in [1.807, 2.05) is 30.6 Å². The third-order valence-electron chi connectivity index (χ3n) is 5.49. The van der Waals surface area contributed by atoms with Crippen LogP contribution in [0.15, 0.2) is 55.0 Å². The Labute approximate surface area is 190 Å². The highest BCUT2D eigenvalue weighted by Gasteiger charge is 2.24. The highest BCUT2D eigenvalue weighted by atomic mass is 35.5. The molecule has 1 aliphatic rings. The number of nitrogens with one attached hydrogen (secondary N) is 1. The van der Waals surface area contributed by atoms with Crippen LogP contribution in [0.3, 0.4) is 0 Å². The molecule has 2 aromatic carbocycles. The zero-order valence-electron chi connectivity index (χ0n) is 16.7. The Morgan fingerprint density at radius 3 is 2.58 bits per heavy atom. The first-order valence-corrected chi connectivity index (χ1v) is 10.9. The molecular weight excluding hydrogens is 440 g/mol. The highest BCUT2D eigenvalue weighted by Crippen LogP contribution is 2.30. The van der Waals surface area contributed by atoms with Crippen LogP contribution < -0.4 is 10.1 Å². The van der Waals surface area contributed by atoms with Gasteiger partial charge in [-0.05, 0) is 49.9 Å². The quantitative estimate of drug-likeness (QED) is 0.513. The van der Waals surface area contributed by atoms with Gasteiger partial charge in [0.15, 0.2) is 6.61 Å². The number of amides is 1. The number of nitrogens with zero attached hydrogens (tertiary/aromatic N) is 2. The van der Waals surface area contributed by atoms with Crippen LogP contribution in [-0.4, -0.2) is 28.1 Å². The molecule has 1 fully saturated rings. The van der Waals surface area contributed by atoms with Gasteiger partial charge >= 0.3 is 0 Å². The van der Waals surface area contributed by atoms with Crippen molar-refractivity contribution in [2.24, 2.45) is 0 Å². The van der Waals surface area contributed by atoms with Gasteiger partial charge in [-0.1, -0.05) is 35.3 Å². The van der Waals surface area contributed by atoms with Gasteiger partial charge in [-0.25, -0.2) is 9.37 Å². The number of benzene rings is 2. The molecule has 1 heterocycles. The van der Waals surface area contributed by atoms with Crippen LogP contribution in [-0.2, 0) is 4.79 Å². The van der Waals surface area contributed by atoms with Crippen molar-refractivity contribution in [1.82, 2.24) is 14.9 Å². The van der Waals surface area contributed by atoms with Crippen molar-refractivity contribution in [2.45, 2.75) is 37.8 Å². The van der Waals surface area contributed by atoms with E-state index in [-0.39, 0.29) is 29.3 Å². The summed E-state index contributed by atoms with van der Waals surface area (Å²) >= 11 is 11.6. The molecule has 0 spiro atoms. The molecule has 0 bridgehead atoms. The number of aromatic nitrogens is 2. The van der Waals surface area contributed by atoms with Gasteiger partial charge in [0, 0.05) is 34.9 Å². The molecular formula is C23H22Cl2FN3O2. The van der Waals surface area contributed by atoms with Crippen molar-refractivity contribution in [3.63, 3.8) is 0 Å². The van der Waals surface area contributed by atoms with Gasteiger partial charge in [0.05, 0.1) is 17.0 Å². The lowest BCUT2D eigenvalue weighted by molar-refractivity contribution is -0.124. The maximum absolute atomic E-state index is 13.4. The monoisotopic (exact) mass is 461 g/mol. The van der Waals surface area contributed by atoms with Crippen molar-refractivity contribution >= 4 is 29.1 Å². The van der Waals surface area contributed by atoms with Crippen LogP contribution in [0.25, 0.3) is 11.3 Å². The predicted octanol–water partition coefficient (Wildman–Crippen LogP) is 5.67. The molecule has 0 aliphatic heterocycles. The number of ether oxygens (including phenoxy) is 1. The first-order valence-electron chi connectivity index (χ1n) is 10.1. The number of carbonyl (C=O) groups excluding carboxylic acids is 1. The Bertz CT molecular complexity index is 1050. The van der Waals surface area contributed by atoms with Crippen molar-refractivity contribution in [2.75, 3.05) is 6.61 Å². The van der Waals surface area contributed by atoms with Gasteiger partial charge in [0.1, 0.15) is 11.6 Å². The summed E-state index contributed by atoms with van der Waals surface area (Å²) in [6, 6.07) is 12.2. The molecule has 162 valence electrons. The van der Waals surface area contributed by atoms with E-state index in [0.717, 1.165) is 36.9 Å². The Morgan fingerprint density at radius 2 is 1.87 bits per heavy atom. The average molecular weight is 462 g/mol. The second-order valence-electron chi connectivity index (χ2n) is 7.65. The number of rotatable bonds is 6. The second kappa shape index (κ2) is 9.71. The fourth-order valence-corrected chi connectivity index (χ4v) is 4.05. The SMILES string of the molecule is O=C(COc1ccc(Cl)c(F)c1)N[C@H]1CC[C@H](n2cnc(-c3ccc(Cl)cc3)c2)CC1. The summed E-state index contributed by atoms with van der Waals surface area (Å²) in [4.78, 5) is 16.7. The maximum atomic E-state index is 13.4. The Kier molecular flexibility index (Phi) is 6.78. The third kappa shape index (κ3) is 5.57. The minimum absolute atomic E-state index is 0.0201. The van der Waals surface area contributed by atoms with E-state index in [1.54, 1.807) is 0 Å². The van der Waals surface area contributed by atoms with Crippen LogP contribution in [0.1, 0.15) is 31.7 Å². The fourth-order valence-electron chi connectivity index (χ4n) is 3.81. The fraction of sp³-hybridized carbons (Fsp3) is 0.304. The van der Waals surface area contributed by atoms with Gasteiger partial charge in [-0.15, -0.1) is 0 Å². The topological polar surface area (TPSA) is 56.1 Å². The van der Waals surface area contributed by atoms with Crippen molar-refractivity contribution in [1.29, 1.82) is 0 Å². The van der Waals surface area contributed by atoms with E-state index in [0.29, 0.717) is 11.1 Å². The van der Waals surface area contributed by atoms with Crippen LogP contribution in [0.4, 0.5) is 4.39 Å². The standard InChI is InChI=1S/C23H22Cl2FN3O2/c24-16-3-1-15(2-4-16)22-12-29(14-27-22)18-7-5-17(6-8-18)28-23(30)13-31-19-9-10-20(25)21(26)11-19/h1-4,9-12,14,17-18H,5-8,13H2,(H,28,30)/t17-,18-. The molecule has 31 heavy (non-hydrogen) atoms. The number of hydrogen-bond acceptors (Lipinski definition) is 3. The summed E-state index contributed by atoms with van der Waals surface area (Å²) in [5.74, 6) is -0.513. The summed E-state index contributed by atoms with van der Waals surface area (Å²) in [6.45, 7) is -0.160. The van der Waals surface area contributed by atoms with Gasteiger partial charge in [0.25, 0.3) is 5.91 Å². The number of halogens is 3. The van der Waals surface area contributed by atoms with Crippen molar-refractivity contribution in [3.8, 4) is 17.0 Å². The summed E-state index contributed by atoms with van der Waals surface area (Å²) in [6.07, 6.45) is 7.58. The highest BCUT2D eigenvalue weighted by molar-refractivity contribution is 6.31. The molecule has 4 rings (SSSR count). The van der Waals surface area contributed by atoms with Crippen LogP contribution in [0, 0.1) is 5.82 Å². The van der Waals surface area contributed by atoms with E-state index in [9.17, 15) is 9.18 Å². The smallest absolute Gasteiger partial charge is 0.258 e. The van der Waals surface area contributed by atoms with Crippen molar-refractivity contribution in [3.05, 3.63) is 70.9 Å². The third-order valence-corrected chi connectivity index (χ3v) is 6.04. The molecule has 5 nitrogen and oxygen atoms in total. The Balaban J connectivity index is 1.24. The van der Waals surface area contributed by atoms with Crippen LogP contribution >= 0.6 is 23.2 Å². The van der Waals surface area contributed by atoms with E-state index in [1.165, 1.54) is 18.2 Å². The maximum Gasteiger partial charge on any atom is 0.258 e. The van der Waals surface area contributed by atoms with E-state index < -0.39 is 5.82 Å². The zero-order chi connectivity index (χ0) is 21.8. The van der Waals surface area contributed by atoms with E-state index in [2.05, 4.69) is 21.1 Å². The summed E-state index contributed by atoms with van der Waals surface area (Å²) in [5.41, 5.74) is 1.95. The van der Waals surface area contributed by atoms with Gasteiger partial charge in [-0.3, -0.25) is 4.79 Å². The molecule has 0 unspecified atom stereocenters. The first kappa shape index (κ1) is 21.7. The predicted molar refractivity (Wildman–Crippen MR) is 119 cm³/mol. The minimum Gasteiger partial charge on any atom is -0.484 e. The van der Waals surface area contributed by atoms with Crippen molar-refractivity contribution < 1.29 is 13.9 Å². The summed E-state index contributed by atoms with van der Waals surface area (Å²) in [5, 5.41) is 3.73. The first-order chi connectivity index (χ1) is 15.0. The number of imidazole rings is 1. The molecule has 1 aliphatic carbocycles. The molecule has 1 N–H and O–H groups in total. The molecule has 0 saturated heterocycles. The number of hydrogen-bond donors (Lipinski definition) is 1. The summed E-state index contributed by atoms with van der Waals surface area (Å²) in [7, 11) is 0. The molecule has 0 atom stereocenters. The normalized spacial score (nSPS) is 18.5. The molecule has 1 amide bonds. The lowest BCUT2D eigenvalue weighted by atomic mass is 9.91. The lowest BCUT2D eigenvalue weighted by Gasteiger charge is -2.29. The minimum atomic E-state index is -0.573. The molecule has 1 saturated carbocycles. The Morgan fingerprint density at radius 1 is 1.13 bits per heavy atom. The van der Waals surface area contributed by atoms with Crippen LogP contribution in [0.5, 0.6) is 5.75 Å². The molecule has 8 heteroatoms. The van der Waals surface area contributed by atoms with Gasteiger partial charge < -0.3 is 14.6 Å². The molecule has 3 aromatic rings. The van der Waals surface area contributed by atoms with Gasteiger partial charge in [-0.2, -0.15) is 0 Å². The van der Waals surface area contributed by atoms with E-state index in [4.69, 9.17) is 27.9 Å². The van der Waals surface area contributed by atoms with Crippen LogP contribution in [0.2, 0.25) is 10.0 Å². The Hall–Kier alpha value is -2.57. The lowest BCUT2D eigenvalue weighted by Crippen LogP contribution is -2.40. The molecule has 0 radical (unpaired) electrons. The molecule has 1 aromatic heterocycles. The summed E-state index contributed by atoms with van der Waals surface area (Å²) < 4.78 is 21.0. The number of carbonyl (C=O) groups is 1.